The molecule has 0 heterocycles. The van der Waals surface area contributed by atoms with Crippen LogP contribution in [-0.4, -0.2) is 33.2 Å². The predicted octanol–water partition coefficient (Wildman–Crippen LogP) is -0.948. The summed E-state index contributed by atoms with van der Waals surface area (Å²) in [7, 11) is -3.56. The molecule has 0 radical (unpaired) electrons. The average Bonchev–Trinajstić information content (AvgIpc) is 2.26. The highest BCUT2D eigenvalue weighted by Gasteiger charge is 2.11. The van der Waals surface area contributed by atoms with E-state index in [4.69, 9.17) is 16.2 Å². The van der Waals surface area contributed by atoms with Crippen LogP contribution < -0.4 is 20.9 Å². The lowest BCUT2D eigenvalue weighted by Crippen LogP contribution is -2.36. The van der Waals surface area contributed by atoms with Crippen molar-refractivity contribution in [2.45, 2.75) is 0 Å². The molecule has 0 aliphatic heterocycles. The van der Waals surface area contributed by atoms with Gasteiger partial charge in [0, 0.05) is 11.8 Å². The zero-order chi connectivity index (χ0) is 13.6. The largest absolute Gasteiger partial charge is 0.492 e. The fourth-order valence-electron chi connectivity index (χ4n) is 1.13. The van der Waals surface area contributed by atoms with E-state index < -0.39 is 22.5 Å². The lowest BCUT2D eigenvalue weighted by Gasteiger charge is -2.07. The summed E-state index contributed by atoms with van der Waals surface area (Å²) in [5, 5.41) is 0. The minimum absolute atomic E-state index is 0.0441. The van der Waals surface area contributed by atoms with Gasteiger partial charge < -0.3 is 16.2 Å². The second-order valence-corrected chi connectivity index (χ2v) is 5.45. The van der Waals surface area contributed by atoms with Crippen molar-refractivity contribution in [3.8, 4) is 5.75 Å². The van der Waals surface area contributed by atoms with E-state index in [1.165, 1.54) is 0 Å². The SMILES string of the molecule is NC(=O)CNS(=O)(=O)CCOc1cccc(N)c1. The third-order valence-electron chi connectivity index (χ3n) is 1.95. The van der Waals surface area contributed by atoms with Crippen molar-refractivity contribution in [3.05, 3.63) is 24.3 Å². The lowest BCUT2D eigenvalue weighted by molar-refractivity contribution is -0.116. The van der Waals surface area contributed by atoms with Crippen molar-refractivity contribution in [2.75, 3.05) is 24.6 Å². The molecule has 0 aliphatic carbocycles. The summed E-state index contributed by atoms with van der Waals surface area (Å²) >= 11 is 0. The molecule has 1 amide bonds. The first-order valence-electron chi connectivity index (χ1n) is 5.13. The number of carbonyl (C=O) groups is 1. The number of benzene rings is 1. The third kappa shape index (κ3) is 5.51. The van der Waals surface area contributed by atoms with Crippen LogP contribution in [0.2, 0.25) is 0 Å². The number of hydrogen-bond acceptors (Lipinski definition) is 5. The van der Waals surface area contributed by atoms with Crippen LogP contribution in [0.15, 0.2) is 24.3 Å². The summed E-state index contributed by atoms with van der Waals surface area (Å²) in [6.45, 7) is -0.460. The van der Waals surface area contributed by atoms with E-state index in [0.29, 0.717) is 11.4 Å². The number of nitrogen functional groups attached to an aromatic ring is 1. The van der Waals surface area contributed by atoms with E-state index in [-0.39, 0.29) is 12.4 Å². The maximum Gasteiger partial charge on any atom is 0.232 e. The maximum atomic E-state index is 11.4. The Morgan fingerprint density at radius 3 is 2.72 bits per heavy atom. The van der Waals surface area contributed by atoms with Crippen LogP contribution in [0, 0.1) is 0 Å². The van der Waals surface area contributed by atoms with Crippen molar-refractivity contribution in [2.24, 2.45) is 5.73 Å². The molecule has 0 fully saturated rings. The maximum absolute atomic E-state index is 11.4. The molecule has 5 N–H and O–H groups in total. The highest BCUT2D eigenvalue weighted by molar-refractivity contribution is 7.89. The van der Waals surface area contributed by atoms with Gasteiger partial charge in [0.05, 0.1) is 12.3 Å². The highest BCUT2D eigenvalue weighted by Crippen LogP contribution is 2.14. The summed E-state index contributed by atoms with van der Waals surface area (Å²) in [5.41, 5.74) is 10.9. The number of carbonyl (C=O) groups excluding carboxylic acids is 1. The number of anilines is 1. The fourth-order valence-corrected chi connectivity index (χ4v) is 1.94. The fraction of sp³-hybridized carbons (Fsp3) is 0.300. The Morgan fingerprint density at radius 2 is 2.11 bits per heavy atom. The summed E-state index contributed by atoms with van der Waals surface area (Å²) in [6, 6.07) is 6.64. The van der Waals surface area contributed by atoms with Gasteiger partial charge in [0.1, 0.15) is 12.4 Å². The average molecular weight is 273 g/mol. The minimum atomic E-state index is -3.56. The van der Waals surface area contributed by atoms with Gasteiger partial charge in [0.15, 0.2) is 0 Å². The van der Waals surface area contributed by atoms with Gasteiger partial charge in [-0.3, -0.25) is 4.79 Å². The van der Waals surface area contributed by atoms with Crippen LogP contribution in [0.25, 0.3) is 0 Å². The number of primary amides is 1. The van der Waals surface area contributed by atoms with Gasteiger partial charge in [-0.05, 0) is 12.1 Å². The molecule has 7 nitrogen and oxygen atoms in total. The van der Waals surface area contributed by atoms with Crippen molar-refractivity contribution in [1.29, 1.82) is 0 Å². The van der Waals surface area contributed by atoms with Crippen molar-refractivity contribution >= 4 is 21.6 Å². The number of sulfonamides is 1. The summed E-state index contributed by atoms with van der Waals surface area (Å²) in [4.78, 5) is 10.4. The molecule has 0 bridgehead atoms. The van der Waals surface area contributed by atoms with Gasteiger partial charge in [-0.2, -0.15) is 0 Å². The molecule has 100 valence electrons. The molecule has 1 aromatic carbocycles. The minimum Gasteiger partial charge on any atom is -0.492 e. The van der Waals surface area contributed by atoms with Crippen molar-refractivity contribution in [3.63, 3.8) is 0 Å². The lowest BCUT2D eigenvalue weighted by atomic mass is 10.3. The predicted molar refractivity (Wildman–Crippen MR) is 67.3 cm³/mol. The van der Waals surface area contributed by atoms with Crippen molar-refractivity contribution < 1.29 is 17.9 Å². The number of rotatable bonds is 7. The van der Waals surface area contributed by atoms with E-state index >= 15 is 0 Å². The second kappa shape index (κ2) is 6.22. The van der Waals surface area contributed by atoms with Gasteiger partial charge in [-0.25, -0.2) is 13.1 Å². The molecule has 0 saturated carbocycles. The Labute approximate surface area is 105 Å². The molecule has 18 heavy (non-hydrogen) atoms. The van der Waals surface area contributed by atoms with Gasteiger partial charge in [0.2, 0.25) is 15.9 Å². The molecule has 0 atom stereocenters. The van der Waals surface area contributed by atoms with Crippen LogP contribution in [0.4, 0.5) is 5.69 Å². The van der Waals surface area contributed by atoms with Gasteiger partial charge in [-0.15, -0.1) is 0 Å². The number of nitrogens with two attached hydrogens (primary N) is 2. The van der Waals surface area contributed by atoms with E-state index in [9.17, 15) is 13.2 Å². The Morgan fingerprint density at radius 1 is 1.39 bits per heavy atom. The Kier molecular flexibility index (Phi) is 4.93. The first-order valence-corrected chi connectivity index (χ1v) is 6.78. The van der Waals surface area contributed by atoms with E-state index in [1.807, 2.05) is 4.72 Å². The Bertz CT molecular complexity index is 516. The Balaban J connectivity index is 2.39. The van der Waals surface area contributed by atoms with Crippen LogP contribution in [0.5, 0.6) is 5.75 Å². The molecule has 0 spiro atoms. The molecule has 0 unspecified atom stereocenters. The van der Waals surface area contributed by atoms with Gasteiger partial charge >= 0.3 is 0 Å². The highest BCUT2D eigenvalue weighted by atomic mass is 32.2. The zero-order valence-corrected chi connectivity index (χ0v) is 10.4. The molecule has 0 saturated heterocycles. The van der Waals surface area contributed by atoms with Gasteiger partial charge in [0.25, 0.3) is 0 Å². The zero-order valence-electron chi connectivity index (χ0n) is 9.63. The molecule has 1 rings (SSSR count). The Hall–Kier alpha value is -1.80. The summed E-state index contributed by atoms with van der Waals surface area (Å²) < 4.78 is 30.0. The molecular weight excluding hydrogens is 258 g/mol. The van der Waals surface area contributed by atoms with Crippen molar-refractivity contribution in [1.82, 2.24) is 4.72 Å². The van der Waals surface area contributed by atoms with Crippen LogP contribution in [0.3, 0.4) is 0 Å². The van der Waals surface area contributed by atoms with Crippen LogP contribution in [-0.2, 0) is 14.8 Å². The monoisotopic (exact) mass is 273 g/mol. The quantitative estimate of drug-likeness (QED) is 0.552. The molecular formula is C10H15N3O4S. The summed E-state index contributed by atoms with van der Waals surface area (Å²) in [5.74, 6) is -0.523. The molecule has 0 aromatic heterocycles. The number of hydrogen-bond donors (Lipinski definition) is 3. The molecule has 0 aliphatic rings. The normalized spacial score (nSPS) is 11.1. The van der Waals surface area contributed by atoms with Crippen LogP contribution >= 0.6 is 0 Å². The first kappa shape index (κ1) is 14.3. The smallest absolute Gasteiger partial charge is 0.232 e. The van der Waals surface area contributed by atoms with E-state index in [0.717, 1.165) is 0 Å². The number of nitrogens with one attached hydrogen (secondary N) is 1. The third-order valence-corrected chi connectivity index (χ3v) is 3.23. The standard InChI is InChI=1S/C10H15N3O4S/c11-8-2-1-3-9(6-8)17-4-5-18(15,16)13-7-10(12)14/h1-3,6,13H,4-5,7,11H2,(H2,12,14). The number of ether oxygens (including phenoxy) is 1. The molecule has 1 aromatic rings. The first-order chi connectivity index (χ1) is 8.39. The number of amides is 1. The topological polar surface area (TPSA) is 125 Å². The van der Waals surface area contributed by atoms with Gasteiger partial charge in [-0.1, -0.05) is 6.07 Å². The van der Waals surface area contributed by atoms with E-state index in [1.54, 1.807) is 24.3 Å². The summed E-state index contributed by atoms with van der Waals surface area (Å²) in [6.07, 6.45) is 0. The van der Waals surface area contributed by atoms with E-state index in [2.05, 4.69) is 0 Å². The second-order valence-electron chi connectivity index (χ2n) is 3.53. The van der Waals surface area contributed by atoms with Crippen LogP contribution in [0.1, 0.15) is 0 Å². The molecule has 8 heteroatoms.